The Morgan fingerprint density at radius 2 is 1.92 bits per heavy atom. The number of aromatic nitrogens is 1. The van der Waals surface area contributed by atoms with Crippen molar-refractivity contribution in [3.05, 3.63) is 52.0 Å². The lowest BCUT2D eigenvalue weighted by molar-refractivity contribution is -0.118. The van der Waals surface area contributed by atoms with Gasteiger partial charge < -0.3 is 9.69 Å². The van der Waals surface area contributed by atoms with Crippen LogP contribution in [0.3, 0.4) is 0 Å². The average molecular weight is 352 g/mol. The van der Waals surface area contributed by atoms with E-state index in [0.717, 1.165) is 18.4 Å². The standard InChI is InChI=1S/C20H20N2O2S/c1-15(23)13-17-9-11-22(12-10-17)20(24)18-14-21-19(25-18)8-7-16-5-3-2-4-6-16/h2-6,14,17H,9-13H2,1H3. The van der Waals surface area contributed by atoms with Crippen LogP contribution >= 0.6 is 11.3 Å². The molecule has 0 N–H and O–H groups in total. The molecule has 1 aliphatic rings. The molecule has 3 rings (SSSR count). The molecule has 0 spiro atoms. The summed E-state index contributed by atoms with van der Waals surface area (Å²) in [6.07, 6.45) is 4.03. The minimum Gasteiger partial charge on any atom is -0.338 e. The van der Waals surface area contributed by atoms with E-state index in [1.165, 1.54) is 11.3 Å². The molecule has 0 atom stereocenters. The Labute approximate surface area is 151 Å². The van der Waals surface area contributed by atoms with Crippen molar-refractivity contribution in [3.8, 4) is 11.8 Å². The van der Waals surface area contributed by atoms with Crippen molar-refractivity contribution in [1.29, 1.82) is 0 Å². The first kappa shape index (κ1) is 17.4. The summed E-state index contributed by atoms with van der Waals surface area (Å²) in [5, 5.41) is 0.652. The molecule has 0 unspecified atom stereocenters. The molecule has 0 aliphatic carbocycles. The normalized spacial score (nSPS) is 14.7. The molecule has 2 heterocycles. The molecule has 1 amide bonds. The van der Waals surface area contributed by atoms with Crippen molar-refractivity contribution in [3.63, 3.8) is 0 Å². The van der Waals surface area contributed by atoms with Gasteiger partial charge in [0, 0.05) is 25.1 Å². The highest BCUT2D eigenvalue weighted by atomic mass is 32.1. The Morgan fingerprint density at radius 3 is 2.60 bits per heavy atom. The fraction of sp³-hybridized carbons (Fsp3) is 0.350. The zero-order chi connectivity index (χ0) is 17.6. The number of carbonyl (C=O) groups excluding carboxylic acids is 2. The molecule has 0 bridgehead atoms. The zero-order valence-corrected chi connectivity index (χ0v) is 15.0. The van der Waals surface area contributed by atoms with E-state index in [4.69, 9.17) is 0 Å². The Balaban J connectivity index is 1.60. The molecule has 1 fully saturated rings. The highest BCUT2D eigenvalue weighted by Gasteiger charge is 2.25. The van der Waals surface area contributed by atoms with Gasteiger partial charge in [0.1, 0.15) is 10.7 Å². The van der Waals surface area contributed by atoms with Gasteiger partial charge in [-0.1, -0.05) is 24.1 Å². The van der Waals surface area contributed by atoms with Gasteiger partial charge in [-0.05, 0) is 43.7 Å². The van der Waals surface area contributed by atoms with Crippen molar-refractivity contribution < 1.29 is 9.59 Å². The molecule has 1 aliphatic heterocycles. The van der Waals surface area contributed by atoms with Gasteiger partial charge >= 0.3 is 0 Å². The summed E-state index contributed by atoms with van der Waals surface area (Å²) < 4.78 is 0. The SMILES string of the molecule is CC(=O)CC1CCN(C(=O)c2cnc(C#Cc3ccccc3)s2)CC1. The van der Waals surface area contributed by atoms with E-state index in [1.807, 2.05) is 35.2 Å². The van der Waals surface area contributed by atoms with Crippen LogP contribution in [0.4, 0.5) is 0 Å². The maximum absolute atomic E-state index is 12.6. The summed E-state index contributed by atoms with van der Waals surface area (Å²) >= 11 is 1.34. The summed E-state index contributed by atoms with van der Waals surface area (Å²) in [6.45, 7) is 3.05. The molecular weight excluding hydrogens is 332 g/mol. The second-order valence-electron chi connectivity index (χ2n) is 6.29. The van der Waals surface area contributed by atoms with E-state index >= 15 is 0 Å². The molecule has 25 heavy (non-hydrogen) atoms. The summed E-state index contributed by atoms with van der Waals surface area (Å²) in [5.74, 6) is 6.74. The first-order valence-corrected chi connectivity index (χ1v) is 9.25. The molecule has 0 saturated carbocycles. The van der Waals surface area contributed by atoms with Crippen LogP contribution in [-0.2, 0) is 4.79 Å². The highest BCUT2D eigenvalue weighted by Crippen LogP contribution is 2.23. The molecule has 1 aromatic carbocycles. The third-order valence-corrected chi connectivity index (χ3v) is 5.18. The number of piperidine rings is 1. The number of carbonyl (C=O) groups is 2. The fourth-order valence-electron chi connectivity index (χ4n) is 2.98. The van der Waals surface area contributed by atoms with E-state index in [1.54, 1.807) is 13.1 Å². The first-order valence-electron chi connectivity index (χ1n) is 8.43. The van der Waals surface area contributed by atoms with Crippen LogP contribution < -0.4 is 0 Å². The molecule has 0 radical (unpaired) electrons. The topological polar surface area (TPSA) is 50.3 Å². The quantitative estimate of drug-likeness (QED) is 0.796. The monoisotopic (exact) mass is 352 g/mol. The third kappa shape index (κ3) is 4.77. The maximum Gasteiger partial charge on any atom is 0.265 e. The predicted octanol–water partition coefficient (Wildman–Crippen LogP) is 3.37. The Bertz CT molecular complexity index is 809. The van der Waals surface area contributed by atoms with Gasteiger partial charge in [0.2, 0.25) is 0 Å². The van der Waals surface area contributed by atoms with Crippen LogP contribution in [0.15, 0.2) is 36.5 Å². The van der Waals surface area contributed by atoms with Crippen LogP contribution in [0, 0.1) is 17.8 Å². The van der Waals surface area contributed by atoms with E-state index in [2.05, 4.69) is 16.8 Å². The van der Waals surface area contributed by atoms with Crippen molar-refractivity contribution in [2.75, 3.05) is 13.1 Å². The maximum atomic E-state index is 12.6. The van der Waals surface area contributed by atoms with E-state index in [-0.39, 0.29) is 11.7 Å². The van der Waals surface area contributed by atoms with Gasteiger partial charge in [-0.3, -0.25) is 4.79 Å². The molecule has 2 aromatic rings. The molecule has 4 nitrogen and oxygen atoms in total. The minimum absolute atomic E-state index is 0.0199. The van der Waals surface area contributed by atoms with E-state index in [0.29, 0.717) is 35.3 Å². The molecule has 1 saturated heterocycles. The number of hydrogen-bond donors (Lipinski definition) is 0. The van der Waals surface area contributed by atoms with Gasteiger partial charge in [0.25, 0.3) is 5.91 Å². The van der Waals surface area contributed by atoms with E-state index in [9.17, 15) is 9.59 Å². The van der Waals surface area contributed by atoms with Crippen LogP contribution in [0.1, 0.15) is 46.4 Å². The van der Waals surface area contributed by atoms with Gasteiger partial charge in [-0.25, -0.2) is 4.98 Å². The lowest BCUT2D eigenvalue weighted by Crippen LogP contribution is -2.38. The predicted molar refractivity (Wildman–Crippen MR) is 98.5 cm³/mol. The fourth-order valence-corrected chi connectivity index (χ4v) is 3.72. The van der Waals surface area contributed by atoms with Gasteiger partial charge in [0.15, 0.2) is 5.01 Å². The van der Waals surface area contributed by atoms with Crippen LogP contribution in [0.25, 0.3) is 0 Å². The van der Waals surface area contributed by atoms with Gasteiger partial charge in [0.05, 0.1) is 6.20 Å². The van der Waals surface area contributed by atoms with Crippen molar-refractivity contribution >= 4 is 23.0 Å². The molecular formula is C20H20N2O2S. The number of Topliss-reactive ketones (excluding diaryl/α,β-unsaturated/α-hetero) is 1. The first-order chi connectivity index (χ1) is 12.1. The van der Waals surface area contributed by atoms with Crippen LogP contribution in [0.2, 0.25) is 0 Å². The van der Waals surface area contributed by atoms with Crippen molar-refractivity contribution in [2.24, 2.45) is 5.92 Å². The van der Waals surface area contributed by atoms with Crippen molar-refractivity contribution in [1.82, 2.24) is 9.88 Å². The lowest BCUT2D eigenvalue weighted by atomic mass is 9.92. The zero-order valence-electron chi connectivity index (χ0n) is 14.2. The second-order valence-corrected chi connectivity index (χ2v) is 7.32. The molecule has 1 aromatic heterocycles. The number of amides is 1. The number of hydrogen-bond acceptors (Lipinski definition) is 4. The third-order valence-electron chi connectivity index (χ3n) is 4.28. The number of rotatable bonds is 3. The Morgan fingerprint density at radius 1 is 1.20 bits per heavy atom. The number of benzene rings is 1. The van der Waals surface area contributed by atoms with Gasteiger partial charge in [-0.2, -0.15) is 0 Å². The number of likely N-dealkylation sites (tertiary alicyclic amines) is 1. The highest BCUT2D eigenvalue weighted by molar-refractivity contribution is 7.14. The van der Waals surface area contributed by atoms with E-state index < -0.39 is 0 Å². The largest absolute Gasteiger partial charge is 0.338 e. The summed E-state index contributed by atoms with van der Waals surface area (Å²) in [5.41, 5.74) is 0.929. The minimum atomic E-state index is 0.0199. The van der Waals surface area contributed by atoms with Gasteiger partial charge in [-0.15, -0.1) is 11.3 Å². The summed E-state index contributed by atoms with van der Waals surface area (Å²) in [7, 11) is 0. The number of nitrogens with zero attached hydrogens (tertiary/aromatic N) is 2. The average Bonchev–Trinajstić information content (AvgIpc) is 3.09. The molecule has 5 heteroatoms. The number of thiazole rings is 1. The van der Waals surface area contributed by atoms with Crippen LogP contribution in [0.5, 0.6) is 0 Å². The van der Waals surface area contributed by atoms with Crippen LogP contribution in [-0.4, -0.2) is 34.7 Å². The second kappa shape index (κ2) is 8.09. The Kier molecular flexibility index (Phi) is 5.62. The smallest absolute Gasteiger partial charge is 0.265 e. The Hall–Kier alpha value is -2.45. The number of ketones is 1. The summed E-state index contributed by atoms with van der Waals surface area (Å²) in [4.78, 5) is 30.6. The van der Waals surface area contributed by atoms with Crippen molar-refractivity contribution in [2.45, 2.75) is 26.2 Å². The summed E-state index contributed by atoms with van der Waals surface area (Å²) in [6, 6.07) is 9.72. The molecule has 128 valence electrons. The lowest BCUT2D eigenvalue weighted by Gasteiger charge is -2.31.